The Balaban J connectivity index is 1.65. The van der Waals surface area contributed by atoms with Crippen LogP contribution >= 0.6 is 0 Å². The quantitative estimate of drug-likeness (QED) is 0.323. The van der Waals surface area contributed by atoms with Crippen molar-refractivity contribution in [2.75, 3.05) is 53.2 Å². The van der Waals surface area contributed by atoms with Crippen molar-refractivity contribution in [3.63, 3.8) is 0 Å². The molecule has 1 heterocycles. The molecule has 7 heteroatoms. The molecule has 0 aliphatic carbocycles. The van der Waals surface area contributed by atoms with Crippen molar-refractivity contribution >= 4 is 5.96 Å². The number of ether oxygens (including phenoxy) is 4. The lowest BCUT2D eigenvalue weighted by molar-refractivity contribution is 0.0888. The van der Waals surface area contributed by atoms with Crippen molar-refractivity contribution < 1.29 is 18.9 Å². The van der Waals surface area contributed by atoms with E-state index in [1.54, 1.807) is 7.11 Å². The lowest BCUT2D eigenvalue weighted by Crippen LogP contribution is -2.38. The van der Waals surface area contributed by atoms with Crippen LogP contribution in [0, 0.1) is 5.92 Å². The van der Waals surface area contributed by atoms with E-state index in [1.807, 2.05) is 31.2 Å². The van der Waals surface area contributed by atoms with Gasteiger partial charge in [0.15, 0.2) is 5.96 Å². The van der Waals surface area contributed by atoms with Crippen molar-refractivity contribution in [1.29, 1.82) is 0 Å². The summed E-state index contributed by atoms with van der Waals surface area (Å²) in [5, 5.41) is 6.61. The first kappa shape index (κ1) is 22.3. The highest BCUT2D eigenvalue weighted by Gasteiger charge is 2.15. The summed E-state index contributed by atoms with van der Waals surface area (Å²) < 4.78 is 22.2. The molecule has 158 valence electrons. The predicted octanol–water partition coefficient (Wildman–Crippen LogP) is 2.46. The van der Waals surface area contributed by atoms with Crippen LogP contribution in [0.1, 0.15) is 26.7 Å². The minimum Gasteiger partial charge on any atom is -0.497 e. The molecule has 0 aromatic heterocycles. The van der Waals surface area contributed by atoms with Gasteiger partial charge >= 0.3 is 0 Å². The Bertz CT molecular complexity index is 577. The monoisotopic (exact) mass is 393 g/mol. The van der Waals surface area contributed by atoms with E-state index in [9.17, 15) is 0 Å². The molecule has 2 atom stereocenters. The number of hydrogen-bond donors (Lipinski definition) is 2. The van der Waals surface area contributed by atoms with Gasteiger partial charge in [0, 0.05) is 38.3 Å². The highest BCUT2D eigenvalue weighted by Crippen LogP contribution is 2.19. The molecule has 28 heavy (non-hydrogen) atoms. The highest BCUT2D eigenvalue weighted by molar-refractivity contribution is 5.79. The Labute approximate surface area is 168 Å². The molecule has 0 spiro atoms. The normalized spacial score (nSPS) is 18.0. The summed E-state index contributed by atoms with van der Waals surface area (Å²) in [6.45, 7) is 9.51. The van der Waals surface area contributed by atoms with E-state index in [-0.39, 0.29) is 6.10 Å². The van der Waals surface area contributed by atoms with E-state index >= 15 is 0 Å². The van der Waals surface area contributed by atoms with E-state index in [4.69, 9.17) is 18.9 Å². The van der Waals surface area contributed by atoms with Gasteiger partial charge in [0.1, 0.15) is 17.6 Å². The molecular weight excluding hydrogens is 358 g/mol. The third kappa shape index (κ3) is 8.80. The van der Waals surface area contributed by atoms with Gasteiger partial charge in [0.05, 0.1) is 26.9 Å². The summed E-state index contributed by atoms with van der Waals surface area (Å²) in [6.07, 6.45) is 2.01. The Morgan fingerprint density at radius 3 is 2.93 bits per heavy atom. The lowest BCUT2D eigenvalue weighted by Gasteiger charge is -2.16. The van der Waals surface area contributed by atoms with Crippen molar-refractivity contribution in [3.05, 3.63) is 24.3 Å². The lowest BCUT2D eigenvalue weighted by atomic mass is 10.1. The molecule has 1 aromatic rings. The molecular formula is C21H35N3O4. The van der Waals surface area contributed by atoms with E-state index in [1.165, 1.54) is 0 Å². The Hall–Kier alpha value is -1.99. The average Bonchev–Trinajstić information content (AvgIpc) is 3.22. The third-order valence-electron chi connectivity index (χ3n) is 4.36. The zero-order valence-corrected chi connectivity index (χ0v) is 17.4. The number of hydrogen-bond acceptors (Lipinski definition) is 5. The van der Waals surface area contributed by atoms with Gasteiger partial charge in [-0.1, -0.05) is 6.07 Å². The fraction of sp³-hybridized carbons (Fsp3) is 0.667. The largest absolute Gasteiger partial charge is 0.497 e. The molecule has 1 aliphatic rings. The first-order valence-electron chi connectivity index (χ1n) is 10.2. The fourth-order valence-corrected chi connectivity index (χ4v) is 2.85. The van der Waals surface area contributed by atoms with Crippen LogP contribution in [0.3, 0.4) is 0 Å². The number of benzene rings is 1. The van der Waals surface area contributed by atoms with Crippen molar-refractivity contribution in [2.24, 2.45) is 10.9 Å². The molecule has 2 N–H and O–H groups in total. The number of methoxy groups -OCH3 is 1. The number of guanidine groups is 1. The molecule has 0 amide bonds. The van der Waals surface area contributed by atoms with Crippen molar-refractivity contribution in [1.82, 2.24) is 10.6 Å². The van der Waals surface area contributed by atoms with Gasteiger partial charge in [-0.15, -0.1) is 0 Å². The summed E-state index contributed by atoms with van der Waals surface area (Å²) in [6, 6.07) is 7.61. The van der Waals surface area contributed by atoms with Crippen LogP contribution in [0.4, 0.5) is 0 Å². The van der Waals surface area contributed by atoms with E-state index in [2.05, 4.69) is 22.5 Å². The Kier molecular flexibility index (Phi) is 10.5. The van der Waals surface area contributed by atoms with Gasteiger partial charge in [-0.2, -0.15) is 0 Å². The van der Waals surface area contributed by atoms with Gasteiger partial charge in [-0.05, 0) is 38.8 Å². The molecule has 1 aromatic carbocycles. The fourth-order valence-electron chi connectivity index (χ4n) is 2.85. The van der Waals surface area contributed by atoms with Gasteiger partial charge in [0.25, 0.3) is 0 Å². The molecule has 1 aliphatic heterocycles. The second-order valence-electron chi connectivity index (χ2n) is 6.91. The summed E-state index contributed by atoms with van der Waals surface area (Å²) in [4.78, 5) is 4.61. The minimum absolute atomic E-state index is 0.0421. The van der Waals surface area contributed by atoms with Gasteiger partial charge < -0.3 is 29.6 Å². The molecule has 2 unspecified atom stereocenters. The van der Waals surface area contributed by atoms with Crippen LogP contribution < -0.4 is 20.1 Å². The maximum absolute atomic E-state index is 5.92. The first-order chi connectivity index (χ1) is 13.7. The standard InChI is InChI=1S/C21H35N3O4/c1-4-22-21(23-10-6-11-26-15-18-9-12-27-16-18)24-14-17(2)28-20-8-5-7-19(13-20)25-3/h5,7-8,13,17-18H,4,6,9-12,14-16H2,1-3H3,(H2,22,23,24). The molecule has 1 saturated heterocycles. The average molecular weight is 394 g/mol. The van der Waals surface area contributed by atoms with Crippen LogP contribution in [0.5, 0.6) is 11.5 Å². The molecule has 0 bridgehead atoms. The van der Waals surface area contributed by atoms with E-state index < -0.39 is 0 Å². The maximum atomic E-state index is 5.92. The van der Waals surface area contributed by atoms with E-state index in [0.29, 0.717) is 12.5 Å². The smallest absolute Gasteiger partial charge is 0.191 e. The van der Waals surface area contributed by atoms with Crippen LogP contribution in [0.25, 0.3) is 0 Å². The molecule has 1 fully saturated rings. The van der Waals surface area contributed by atoms with Crippen LogP contribution in [0.15, 0.2) is 29.3 Å². The highest BCUT2D eigenvalue weighted by atomic mass is 16.5. The number of rotatable bonds is 12. The number of aliphatic imine (C=N–C) groups is 1. The van der Waals surface area contributed by atoms with Gasteiger partial charge in [0.2, 0.25) is 0 Å². The van der Waals surface area contributed by atoms with Crippen LogP contribution in [-0.4, -0.2) is 65.2 Å². The Morgan fingerprint density at radius 2 is 2.18 bits per heavy atom. The summed E-state index contributed by atoms with van der Waals surface area (Å²) in [7, 11) is 1.65. The maximum Gasteiger partial charge on any atom is 0.191 e. The molecule has 2 rings (SSSR count). The van der Waals surface area contributed by atoms with Crippen molar-refractivity contribution in [3.8, 4) is 11.5 Å². The zero-order chi connectivity index (χ0) is 20.0. The van der Waals surface area contributed by atoms with Gasteiger partial charge in [-0.25, -0.2) is 4.99 Å². The topological polar surface area (TPSA) is 73.3 Å². The van der Waals surface area contributed by atoms with E-state index in [0.717, 1.165) is 69.8 Å². The Morgan fingerprint density at radius 1 is 1.32 bits per heavy atom. The molecule has 0 saturated carbocycles. The first-order valence-corrected chi connectivity index (χ1v) is 10.2. The van der Waals surface area contributed by atoms with Crippen LogP contribution in [-0.2, 0) is 9.47 Å². The second-order valence-corrected chi connectivity index (χ2v) is 6.91. The minimum atomic E-state index is -0.0421. The van der Waals surface area contributed by atoms with Crippen molar-refractivity contribution in [2.45, 2.75) is 32.8 Å². The summed E-state index contributed by atoms with van der Waals surface area (Å²) in [5.41, 5.74) is 0. The number of nitrogens with zero attached hydrogens (tertiary/aromatic N) is 1. The zero-order valence-electron chi connectivity index (χ0n) is 17.4. The SMILES string of the molecule is CCNC(=NCC(C)Oc1cccc(OC)c1)NCCCOCC1CCOC1. The molecule has 0 radical (unpaired) electrons. The second kappa shape index (κ2) is 13.2. The molecule has 7 nitrogen and oxygen atoms in total. The summed E-state index contributed by atoms with van der Waals surface area (Å²) >= 11 is 0. The van der Waals surface area contributed by atoms with Gasteiger partial charge in [-0.3, -0.25) is 0 Å². The summed E-state index contributed by atoms with van der Waals surface area (Å²) in [5.74, 6) is 2.93. The number of nitrogens with one attached hydrogen (secondary N) is 2. The van der Waals surface area contributed by atoms with Crippen LogP contribution in [0.2, 0.25) is 0 Å². The predicted molar refractivity (Wildman–Crippen MR) is 111 cm³/mol. The third-order valence-corrected chi connectivity index (χ3v) is 4.36.